The lowest BCUT2D eigenvalue weighted by Gasteiger charge is -2.02. The number of carbonyl (C=O) groups is 1. The first-order chi connectivity index (χ1) is 9.19. The minimum Gasteiger partial charge on any atom is -0.480 e. The molecule has 1 aromatic heterocycles. The zero-order valence-corrected chi connectivity index (χ0v) is 11.7. The van der Waals surface area contributed by atoms with Crippen LogP contribution >= 0.6 is 23.4 Å². The normalized spacial score (nSPS) is 10.2. The van der Waals surface area contributed by atoms with E-state index in [1.165, 1.54) is 18.9 Å². The van der Waals surface area contributed by atoms with Crippen LogP contribution in [0.5, 0.6) is 5.88 Å². The van der Waals surface area contributed by atoms with Crippen LogP contribution in [-0.2, 0) is 0 Å². The van der Waals surface area contributed by atoms with E-state index < -0.39 is 0 Å². The third-order valence-corrected chi connectivity index (χ3v) is 3.51. The molecule has 0 bridgehead atoms. The number of nitrogens with zero attached hydrogens (tertiary/aromatic N) is 2. The van der Waals surface area contributed by atoms with Crippen molar-refractivity contribution < 1.29 is 9.53 Å². The lowest BCUT2D eigenvalue weighted by atomic mass is 10.1. The summed E-state index contributed by atoms with van der Waals surface area (Å²) in [4.78, 5) is 11.9. The van der Waals surface area contributed by atoms with E-state index >= 15 is 0 Å². The van der Waals surface area contributed by atoms with Gasteiger partial charge in [-0.05, 0) is 30.3 Å². The SMILES string of the molecule is COc1ccc(SCC(=O)c2ccc(Cl)cc2)nn1. The smallest absolute Gasteiger partial charge is 0.233 e. The van der Waals surface area contributed by atoms with Gasteiger partial charge < -0.3 is 4.74 Å². The van der Waals surface area contributed by atoms with E-state index in [1.807, 2.05) is 0 Å². The highest BCUT2D eigenvalue weighted by molar-refractivity contribution is 7.99. The third-order valence-electron chi connectivity index (χ3n) is 2.34. The first-order valence-corrected chi connectivity index (χ1v) is 6.84. The Morgan fingerprint density at radius 1 is 1.21 bits per heavy atom. The molecule has 98 valence electrons. The van der Waals surface area contributed by atoms with E-state index in [9.17, 15) is 4.79 Å². The minimum absolute atomic E-state index is 0.0271. The van der Waals surface area contributed by atoms with E-state index in [0.717, 1.165) is 0 Å². The third kappa shape index (κ3) is 3.94. The summed E-state index contributed by atoms with van der Waals surface area (Å²) < 4.78 is 4.91. The van der Waals surface area contributed by atoms with Gasteiger partial charge in [0.1, 0.15) is 5.03 Å². The maximum atomic E-state index is 11.9. The predicted octanol–water partition coefficient (Wildman–Crippen LogP) is 3.11. The summed E-state index contributed by atoms with van der Waals surface area (Å²) in [5.41, 5.74) is 0.637. The molecule has 2 aromatic rings. The monoisotopic (exact) mass is 294 g/mol. The molecule has 2 rings (SSSR count). The quantitative estimate of drug-likeness (QED) is 0.626. The summed E-state index contributed by atoms with van der Waals surface area (Å²) >= 11 is 7.11. The van der Waals surface area contributed by atoms with Gasteiger partial charge in [0.25, 0.3) is 0 Å². The molecule has 0 saturated heterocycles. The summed E-state index contributed by atoms with van der Waals surface area (Å²) in [6.07, 6.45) is 0. The summed E-state index contributed by atoms with van der Waals surface area (Å²) in [7, 11) is 1.53. The van der Waals surface area contributed by atoms with Gasteiger partial charge in [0.2, 0.25) is 5.88 Å². The molecule has 0 unspecified atom stereocenters. The van der Waals surface area contributed by atoms with Crippen LogP contribution in [-0.4, -0.2) is 28.8 Å². The highest BCUT2D eigenvalue weighted by atomic mass is 35.5. The summed E-state index contributed by atoms with van der Waals surface area (Å²) in [6, 6.07) is 10.3. The molecule has 1 aromatic carbocycles. The molecule has 0 saturated carbocycles. The van der Waals surface area contributed by atoms with Crippen LogP contribution in [0, 0.1) is 0 Å². The Morgan fingerprint density at radius 2 is 1.95 bits per heavy atom. The molecular formula is C13H11ClN2O2S. The van der Waals surface area contributed by atoms with Gasteiger partial charge in [-0.1, -0.05) is 23.4 Å². The van der Waals surface area contributed by atoms with Crippen LogP contribution in [0.1, 0.15) is 10.4 Å². The number of aromatic nitrogens is 2. The highest BCUT2D eigenvalue weighted by Crippen LogP contribution is 2.18. The van der Waals surface area contributed by atoms with Crippen LogP contribution in [0.4, 0.5) is 0 Å². The number of hydrogen-bond acceptors (Lipinski definition) is 5. The average molecular weight is 295 g/mol. The number of benzene rings is 1. The van der Waals surface area contributed by atoms with Gasteiger partial charge in [0.15, 0.2) is 5.78 Å². The van der Waals surface area contributed by atoms with Crippen LogP contribution in [0.2, 0.25) is 5.02 Å². The van der Waals surface area contributed by atoms with Gasteiger partial charge in [-0.25, -0.2) is 0 Å². The van der Waals surface area contributed by atoms with E-state index in [-0.39, 0.29) is 5.78 Å². The minimum atomic E-state index is 0.0271. The molecule has 0 aliphatic carbocycles. The number of ether oxygens (including phenoxy) is 1. The Labute approximate surface area is 120 Å². The number of halogens is 1. The van der Waals surface area contributed by atoms with Crippen molar-refractivity contribution in [2.45, 2.75) is 5.03 Å². The second-order valence-corrected chi connectivity index (χ2v) is 5.06. The number of rotatable bonds is 5. The maximum Gasteiger partial charge on any atom is 0.233 e. The number of hydrogen-bond donors (Lipinski definition) is 0. The van der Waals surface area contributed by atoms with Crippen molar-refractivity contribution in [2.24, 2.45) is 0 Å². The molecule has 19 heavy (non-hydrogen) atoms. The topological polar surface area (TPSA) is 52.1 Å². The van der Waals surface area contributed by atoms with Gasteiger partial charge in [-0.2, -0.15) is 0 Å². The van der Waals surface area contributed by atoms with Crippen molar-refractivity contribution in [3.05, 3.63) is 47.0 Å². The second kappa shape index (κ2) is 6.54. The van der Waals surface area contributed by atoms with Gasteiger partial charge in [-0.3, -0.25) is 4.79 Å². The molecular weight excluding hydrogens is 284 g/mol. The molecule has 4 nitrogen and oxygen atoms in total. The molecule has 0 aliphatic heterocycles. The molecule has 0 atom stereocenters. The first kappa shape index (κ1) is 13.8. The molecule has 1 heterocycles. The number of carbonyl (C=O) groups excluding carboxylic acids is 1. The van der Waals surface area contributed by atoms with Gasteiger partial charge in [-0.15, -0.1) is 10.2 Å². The zero-order chi connectivity index (χ0) is 13.7. The molecule has 0 amide bonds. The van der Waals surface area contributed by atoms with E-state index in [1.54, 1.807) is 36.4 Å². The number of methoxy groups -OCH3 is 1. The molecule has 6 heteroatoms. The predicted molar refractivity (Wildman–Crippen MR) is 75.1 cm³/mol. The Bertz CT molecular complexity index is 558. The molecule has 0 radical (unpaired) electrons. The highest BCUT2D eigenvalue weighted by Gasteiger charge is 2.07. The largest absolute Gasteiger partial charge is 0.480 e. The fourth-order valence-electron chi connectivity index (χ4n) is 1.35. The lowest BCUT2D eigenvalue weighted by molar-refractivity contribution is 0.102. The molecule has 0 spiro atoms. The van der Waals surface area contributed by atoms with Gasteiger partial charge >= 0.3 is 0 Å². The summed E-state index contributed by atoms with van der Waals surface area (Å²) in [5, 5.41) is 9.08. The second-order valence-electron chi connectivity index (χ2n) is 3.63. The van der Waals surface area contributed by atoms with Crippen LogP contribution < -0.4 is 4.74 Å². The number of ketones is 1. The Morgan fingerprint density at radius 3 is 2.53 bits per heavy atom. The lowest BCUT2D eigenvalue weighted by Crippen LogP contribution is -2.02. The zero-order valence-electron chi connectivity index (χ0n) is 10.2. The van der Waals surface area contributed by atoms with Crippen molar-refractivity contribution in [3.63, 3.8) is 0 Å². The van der Waals surface area contributed by atoms with Crippen molar-refractivity contribution >= 4 is 29.1 Å². The van der Waals surface area contributed by atoms with Crippen molar-refractivity contribution in [1.29, 1.82) is 0 Å². The van der Waals surface area contributed by atoms with Crippen molar-refractivity contribution in [3.8, 4) is 5.88 Å². The molecule has 0 N–H and O–H groups in total. The van der Waals surface area contributed by atoms with Crippen LogP contribution in [0.25, 0.3) is 0 Å². The maximum absolute atomic E-state index is 11.9. The standard InChI is InChI=1S/C13H11ClN2O2S/c1-18-12-6-7-13(16-15-12)19-8-11(17)9-2-4-10(14)5-3-9/h2-7H,8H2,1H3. The first-order valence-electron chi connectivity index (χ1n) is 5.48. The Kier molecular flexibility index (Phi) is 4.76. The van der Waals surface area contributed by atoms with Crippen LogP contribution in [0.3, 0.4) is 0 Å². The fraction of sp³-hybridized carbons (Fsp3) is 0.154. The number of thioether (sulfide) groups is 1. The van der Waals surface area contributed by atoms with E-state index in [2.05, 4.69) is 10.2 Å². The Balaban J connectivity index is 1.94. The van der Waals surface area contributed by atoms with Crippen molar-refractivity contribution in [2.75, 3.05) is 12.9 Å². The fourth-order valence-corrected chi connectivity index (χ4v) is 2.19. The van der Waals surface area contributed by atoms with Crippen LogP contribution in [0.15, 0.2) is 41.4 Å². The number of Topliss-reactive ketones (excluding diaryl/α,β-unsaturated/α-hetero) is 1. The van der Waals surface area contributed by atoms with Gasteiger partial charge in [0.05, 0.1) is 12.9 Å². The summed E-state index contributed by atoms with van der Waals surface area (Å²) in [6.45, 7) is 0. The summed E-state index contributed by atoms with van der Waals surface area (Å²) in [5.74, 6) is 0.787. The molecule has 0 fully saturated rings. The Hall–Kier alpha value is -1.59. The molecule has 0 aliphatic rings. The van der Waals surface area contributed by atoms with E-state index in [4.69, 9.17) is 16.3 Å². The van der Waals surface area contributed by atoms with Crippen molar-refractivity contribution in [1.82, 2.24) is 10.2 Å². The average Bonchev–Trinajstić information content (AvgIpc) is 2.46. The van der Waals surface area contributed by atoms with E-state index in [0.29, 0.717) is 27.2 Å². The van der Waals surface area contributed by atoms with Gasteiger partial charge in [0, 0.05) is 16.7 Å².